The number of rotatable bonds is 3. The smallest absolute Gasteiger partial charge is 0.160 e. The summed E-state index contributed by atoms with van der Waals surface area (Å²) in [6.45, 7) is 0.397. The molecule has 2 aromatic rings. The molecule has 17 heavy (non-hydrogen) atoms. The van der Waals surface area contributed by atoms with Gasteiger partial charge in [-0.25, -0.2) is 14.4 Å². The predicted molar refractivity (Wildman–Crippen MR) is 63.1 cm³/mol. The standard InChI is InChI=1S/C12H10ClFN2O/c1-17-7-9-4-5-15-12(16-9)10-3-2-8(14)6-11(10)13/h2-6H,7H2,1H3. The molecule has 0 amide bonds. The number of aromatic nitrogens is 2. The van der Waals surface area contributed by atoms with Crippen LogP contribution in [0, 0.1) is 5.82 Å². The van der Waals surface area contributed by atoms with Crippen LogP contribution in [0.5, 0.6) is 0 Å². The molecule has 0 saturated heterocycles. The molecule has 0 aliphatic carbocycles. The van der Waals surface area contributed by atoms with Crippen LogP contribution in [0.3, 0.4) is 0 Å². The number of halogens is 2. The minimum absolute atomic E-state index is 0.291. The Morgan fingerprint density at radius 3 is 2.88 bits per heavy atom. The third kappa shape index (κ3) is 2.78. The molecule has 3 nitrogen and oxygen atoms in total. The molecule has 0 spiro atoms. The van der Waals surface area contributed by atoms with Crippen LogP contribution in [-0.4, -0.2) is 17.1 Å². The van der Waals surface area contributed by atoms with E-state index in [1.807, 2.05) is 0 Å². The third-order valence-electron chi connectivity index (χ3n) is 2.18. The van der Waals surface area contributed by atoms with Crippen LogP contribution in [-0.2, 0) is 11.3 Å². The van der Waals surface area contributed by atoms with Crippen LogP contribution < -0.4 is 0 Å². The van der Waals surface area contributed by atoms with Gasteiger partial charge < -0.3 is 4.74 Å². The first-order valence-corrected chi connectivity index (χ1v) is 5.35. The lowest BCUT2D eigenvalue weighted by Gasteiger charge is -2.05. The maximum absolute atomic E-state index is 12.9. The largest absolute Gasteiger partial charge is 0.378 e. The van der Waals surface area contributed by atoms with Gasteiger partial charge in [0.05, 0.1) is 17.3 Å². The fourth-order valence-corrected chi connectivity index (χ4v) is 1.68. The van der Waals surface area contributed by atoms with Crippen molar-refractivity contribution in [2.24, 2.45) is 0 Å². The van der Waals surface area contributed by atoms with Crippen LogP contribution in [0.1, 0.15) is 5.69 Å². The van der Waals surface area contributed by atoms with Crippen molar-refractivity contribution in [2.45, 2.75) is 6.61 Å². The first-order chi connectivity index (χ1) is 8.20. The number of methoxy groups -OCH3 is 1. The molecule has 0 bridgehead atoms. The second-order valence-electron chi connectivity index (χ2n) is 3.43. The second kappa shape index (κ2) is 5.21. The van der Waals surface area contributed by atoms with Crippen molar-refractivity contribution in [1.82, 2.24) is 9.97 Å². The fraction of sp³-hybridized carbons (Fsp3) is 0.167. The van der Waals surface area contributed by atoms with E-state index < -0.39 is 0 Å². The predicted octanol–water partition coefficient (Wildman–Crippen LogP) is 3.08. The molecule has 0 atom stereocenters. The fourth-order valence-electron chi connectivity index (χ4n) is 1.42. The summed E-state index contributed by atoms with van der Waals surface area (Å²) in [6.07, 6.45) is 1.62. The normalized spacial score (nSPS) is 10.5. The summed E-state index contributed by atoms with van der Waals surface area (Å²) in [5, 5.41) is 0.291. The van der Waals surface area contributed by atoms with Gasteiger partial charge in [0.1, 0.15) is 5.82 Å². The van der Waals surface area contributed by atoms with Gasteiger partial charge in [-0.05, 0) is 24.3 Å². The zero-order valence-electron chi connectivity index (χ0n) is 9.15. The number of nitrogens with zero attached hydrogens (tertiary/aromatic N) is 2. The number of hydrogen-bond donors (Lipinski definition) is 0. The van der Waals surface area contributed by atoms with Crippen molar-refractivity contribution < 1.29 is 9.13 Å². The van der Waals surface area contributed by atoms with Crippen LogP contribution in [0.15, 0.2) is 30.5 Å². The number of ether oxygens (including phenoxy) is 1. The van der Waals surface area contributed by atoms with Gasteiger partial charge >= 0.3 is 0 Å². The van der Waals surface area contributed by atoms with Crippen LogP contribution >= 0.6 is 11.6 Å². The van der Waals surface area contributed by atoms with E-state index >= 15 is 0 Å². The topological polar surface area (TPSA) is 35.0 Å². The van der Waals surface area contributed by atoms with Crippen molar-refractivity contribution in [1.29, 1.82) is 0 Å². The summed E-state index contributed by atoms with van der Waals surface area (Å²) >= 11 is 5.94. The molecule has 0 N–H and O–H groups in total. The van der Waals surface area contributed by atoms with Gasteiger partial charge in [0.25, 0.3) is 0 Å². The maximum atomic E-state index is 12.9. The average molecular weight is 253 g/mol. The van der Waals surface area contributed by atoms with Crippen LogP contribution in [0.25, 0.3) is 11.4 Å². The number of benzene rings is 1. The van der Waals surface area contributed by atoms with Gasteiger partial charge in [0.2, 0.25) is 0 Å². The Balaban J connectivity index is 2.42. The van der Waals surface area contributed by atoms with Crippen LogP contribution in [0.2, 0.25) is 5.02 Å². The lowest BCUT2D eigenvalue weighted by molar-refractivity contribution is 0.181. The molecule has 1 heterocycles. The van der Waals surface area contributed by atoms with E-state index in [2.05, 4.69) is 9.97 Å². The summed E-state index contributed by atoms with van der Waals surface area (Å²) in [5.74, 6) is 0.0800. The van der Waals surface area contributed by atoms with Crippen LogP contribution in [0.4, 0.5) is 4.39 Å². The molecule has 0 unspecified atom stereocenters. The average Bonchev–Trinajstić information content (AvgIpc) is 2.29. The van der Waals surface area contributed by atoms with E-state index in [0.717, 1.165) is 5.69 Å². The van der Waals surface area contributed by atoms with Gasteiger partial charge in [-0.2, -0.15) is 0 Å². The summed E-state index contributed by atoms with van der Waals surface area (Å²) < 4.78 is 17.9. The van der Waals surface area contributed by atoms with Gasteiger partial charge in [-0.15, -0.1) is 0 Å². The molecule has 0 saturated carbocycles. The Kier molecular flexibility index (Phi) is 3.66. The maximum Gasteiger partial charge on any atom is 0.160 e. The lowest BCUT2D eigenvalue weighted by atomic mass is 10.2. The summed E-state index contributed by atoms with van der Waals surface area (Å²) in [4.78, 5) is 8.39. The van der Waals surface area contributed by atoms with E-state index in [1.54, 1.807) is 25.4 Å². The highest BCUT2D eigenvalue weighted by molar-refractivity contribution is 6.33. The van der Waals surface area contributed by atoms with Gasteiger partial charge in [0, 0.05) is 18.9 Å². The minimum atomic E-state index is -0.383. The Labute approximate surface area is 103 Å². The molecule has 88 valence electrons. The molecule has 0 fully saturated rings. The van der Waals surface area contributed by atoms with E-state index in [1.165, 1.54) is 12.1 Å². The highest BCUT2D eigenvalue weighted by Gasteiger charge is 2.08. The van der Waals surface area contributed by atoms with E-state index in [9.17, 15) is 4.39 Å². The van der Waals surface area contributed by atoms with Crippen molar-refractivity contribution in [3.63, 3.8) is 0 Å². The summed E-state index contributed by atoms with van der Waals surface area (Å²) in [7, 11) is 1.59. The zero-order valence-corrected chi connectivity index (χ0v) is 9.91. The van der Waals surface area contributed by atoms with Gasteiger partial charge in [0.15, 0.2) is 5.82 Å². The van der Waals surface area contributed by atoms with E-state index in [0.29, 0.717) is 23.0 Å². The third-order valence-corrected chi connectivity index (χ3v) is 2.49. The Bertz CT molecular complexity index is 534. The zero-order chi connectivity index (χ0) is 12.3. The molecular formula is C12H10ClFN2O. The first kappa shape index (κ1) is 12.0. The van der Waals surface area contributed by atoms with Crippen molar-refractivity contribution in [2.75, 3.05) is 7.11 Å². The summed E-state index contributed by atoms with van der Waals surface area (Å²) in [5.41, 5.74) is 1.35. The molecule has 0 aliphatic rings. The molecule has 1 aromatic carbocycles. The van der Waals surface area contributed by atoms with Crippen molar-refractivity contribution in [3.05, 3.63) is 47.0 Å². The van der Waals surface area contributed by atoms with Crippen molar-refractivity contribution in [3.8, 4) is 11.4 Å². The lowest BCUT2D eigenvalue weighted by Crippen LogP contribution is -1.96. The molecule has 5 heteroatoms. The van der Waals surface area contributed by atoms with E-state index in [-0.39, 0.29) is 5.82 Å². The second-order valence-corrected chi connectivity index (χ2v) is 3.84. The Hall–Kier alpha value is -1.52. The molecule has 0 aliphatic heterocycles. The number of hydrogen-bond acceptors (Lipinski definition) is 3. The highest BCUT2D eigenvalue weighted by atomic mass is 35.5. The molecule has 0 radical (unpaired) electrons. The Morgan fingerprint density at radius 1 is 1.35 bits per heavy atom. The summed E-state index contributed by atoms with van der Waals surface area (Å²) in [6, 6.07) is 5.88. The SMILES string of the molecule is COCc1ccnc(-c2ccc(F)cc2Cl)n1. The monoisotopic (exact) mass is 252 g/mol. The Morgan fingerprint density at radius 2 is 2.18 bits per heavy atom. The molecule has 2 rings (SSSR count). The van der Waals surface area contributed by atoms with E-state index in [4.69, 9.17) is 16.3 Å². The van der Waals surface area contributed by atoms with Gasteiger partial charge in [-0.1, -0.05) is 11.6 Å². The van der Waals surface area contributed by atoms with Gasteiger partial charge in [-0.3, -0.25) is 0 Å². The first-order valence-electron chi connectivity index (χ1n) is 4.97. The minimum Gasteiger partial charge on any atom is -0.378 e. The molecule has 1 aromatic heterocycles. The molecular weight excluding hydrogens is 243 g/mol. The van der Waals surface area contributed by atoms with Crippen molar-refractivity contribution >= 4 is 11.6 Å². The quantitative estimate of drug-likeness (QED) is 0.842. The highest BCUT2D eigenvalue weighted by Crippen LogP contribution is 2.25.